The summed E-state index contributed by atoms with van der Waals surface area (Å²) >= 11 is 0. The molecule has 1 heterocycles. The number of hydrogen-bond acceptors (Lipinski definition) is 4. The Morgan fingerprint density at radius 1 is 1.30 bits per heavy atom. The van der Waals surface area contributed by atoms with Gasteiger partial charge in [-0.3, -0.25) is 0 Å². The van der Waals surface area contributed by atoms with Gasteiger partial charge in [0.05, 0.1) is 5.52 Å². The third-order valence-electron chi connectivity index (χ3n) is 4.64. The molecule has 1 aromatic carbocycles. The highest BCUT2D eigenvalue weighted by molar-refractivity contribution is 5.80. The zero-order valence-electron chi connectivity index (χ0n) is 13.5. The molecule has 1 aromatic heterocycles. The van der Waals surface area contributed by atoms with Crippen molar-refractivity contribution >= 4 is 11.0 Å². The molecule has 1 atom stereocenters. The number of aromatic amines is 2. The second-order valence-electron chi connectivity index (χ2n) is 6.45. The summed E-state index contributed by atoms with van der Waals surface area (Å²) in [4.78, 5) is 19.0. The van der Waals surface area contributed by atoms with Crippen LogP contribution in [0.5, 0.6) is 5.75 Å². The van der Waals surface area contributed by atoms with E-state index in [4.69, 9.17) is 4.74 Å². The van der Waals surface area contributed by atoms with Crippen LogP contribution in [0.15, 0.2) is 23.0 Å². The molecular formula is C17H25N3O3. The minimum absolute atomic E-state index is 0.212. The lowest BCUT2D eigenvalue weighted by atomic mass is 9.94. The Morgan fingerprint density at radius 2 is 2.09 bits per heavy atom. The second kappa shape index (κ2) is 7.19. The van der Waals surface area contributed by atoms with Gasteiger partial charge >= 0.3 is 5.69 Å². The number of imidazole rings is 1. The Hall–Kier alpha value is -1.79. The maximum Gasteiger partial charge on any atom is 0.323 e. The van der Waals surface area contributed by atoms with Crippen molar-refractivity contribution in [2.45, 2.75) is 44.2 Å². The van der Waals surface area contributed by atoms with Crippen LogP contribution < -0.4 is 10.4 Å². The largest absolute Gasteiger partial charge is 0.489 e. The van der Waals surface area contributed by atoms with Crippen molar-refractivity contribution < 1.29 is 9.84 Å². The molecule has 1 saturated carbocycles. The van der Waals surface area contributed by atoms with Crippen LogP contribution in [0.4, 0.5) is 0 Å². The van der Waals surface area contributed by atoms with Crippen LogP contribution in [-0.4, -0.2) is 52.3 Å². The number of fused-ring (bicyclic) bond motifs is 1. The van der Waals surface area contributed by atoms with Gasteiger partial charge in [0.2, 0.25) is 0 Å². The molecule has 1 unspecified atom stereocenters. The molecule has 3 N–H and O–H groups in total. The van der Waals surface area contributed by atoms with Crippen molar-refractivity contribution in [3.63, 3.8) is 0 Å². The van der Waals surface area contributed by atoms with Crippen LogP contribution in [-0.2, 0) is 0 Å². The number of ether oxygens (including phenoxy) is 1. The summed E-state index contributed by atoms with van der Waals surface area (Å²) in [6, 6.07) is 6.00. The Kier molecular flexibility index (Phi) is 5.03. The molecule has 1 aliphatic rings. The van der Waals surface area contributed by atoms with Crippen molar-refractivity contribution in [2.75, 3.05) is 20.2 Å². The summed E-state index contributed by atoms with van der Waals surface area (Å²) in [5.41, 5.74) is 1.10. The summed E-state index contributed by atoms with van der Waals surface area (Å²) in [5.74, 6) is 0.584. The van der Waals surface area contributed by atoms with Gasteiger partial charge in [0.15, 0.2) is 0 Å². The van der Waals surface area contributed by atoms with Crippen LogP contribution in [0.2, 0.25) is 0 Å². The van der Waals surface area contributed by atoms with Crippen molar-refractivity contribution in [2.24, 2.45) is 0 Å². The Morgan fingerprint density at radius 3 is 2.87 bits per heavy atom. The van der Waals surface area contributed by atoms with E-state index in [1.165, 1.54) is 32.1 Å². The van der Waals surface area contributed by atoms with E-state index < -0.39 is 6.10 Å². The minimum Gasteiger partial charge on any atom is -0.489 e. The molecule has 0 spiro atoms. The molecule has 0 bridgehead atoms. The summed E-state index contributed by atoms with van der Waals surface area (Å²) in [7, 11) is 2.07. The molecule has 1 aliphatic carbocycles. The van der Waals surface area contributed by atoms with Gasteiger partial charge in [-0.15, -0.1) is 0 Å². The van der Waals surface area contributed by atoms with Crippen molar-refractivity contribution in [1.29, 1.82) is 0 Å². The third kappa shape index (κ3) is 3.95. The maximum atomic E-state index is 11.4. The van der Waals surface area contributed by atoms with Crippen LogP contribution in [0.3, 0.4) is 0 Å². The number of nitrogens with zero attached hydrogens (tertiary/aromatic N) is 1. The highest BCUT2D eigenvalue weighted by Gasteiger charge is 2.20. The predicted molar refractivity (Wildman–Crippen MR) is 89.9 cm³/mol. The molecule has 0 saturated heterocycles. The Labute approximate surface area is 135 Å². The van der Waals surface area contributed by atoms with Gasteiger partial charge in [0, 0.05) is 12.6 Å². The third-order valence-corrected chi connectivity index (χ3v) is 4.64. The second-order valence-corrected chi connectivity index (χ2v) is 6.45. The van der Waals surface area contributed by atoms with Gasteiger partial charge in [0.1, 0.15) is 24.0 Å². The lowest BCUT2D eigenvalue weighted by molar-refractivity contribution is 0.0565. The summed E-state index contributed by atoms with van der Waals surface area (Å²) < 4.78 is 5.72. The Bertz CT molecular complexity index is 688. The summed E-state index contributed by atoms with van der Waals surface area (Å²) in [5, 5.41) is 10.2. The van der Waals surface area contributed by atoms with Crippen molar-refractivity contribution in [3.8, 4) is 5.75 Å². The fourth-order valence-electron chi connectivity index (χ4n) is 3.39. The number of para-hydroxylation sites is 1. The van der Waals surface area contributed by atoms with Crippen molar-refractivity contribution in [3.05, 3.63) is 28.7 Å². The molecule has 6 heteroatoms. The molecule has 0 radical (unpaired) electrons. The normalized spacial score (nSPS) is 17.7. The van der Waals surface area contributed by atoms with Crippen molar-refractivity contribution in [1.82, 2.24) is 14.9 Å². The molecular weight excluding hydrogens is 294 g/mol. The van der Waals surface area contributed by atoms with Crippen LogP contribution in [0, 0.1) is 0 Å². The summed E-state index contributed by atoms with van der Waals surface area (Å²) in [6.45, 7) is 0.813. The number of likely N-dealkylation sites (N-methyl/N-ethyl adjacent to an activating group) is 1. The first kappa shape index (κ1) is 16.1. The molecule has 0 amide bonds. The first-order valence-electron chi connectivity index (χ1n) is 8.35. The number of H-pyrrole nitrogens is 2. The fourth-order valence-corrected chi connectivity index (χ4v) is 3.39. The first-order chi connectivity index (χ1) is 11.1. The number of benzene rings is 1. The smallest absolute Gasteiger partial charge is 0.323 e. The average molecular weight is 319 g/mol. The number of hydrogen-bond donors (Lipinski definition) is 3. The molecule has 6 nitrogen and oxygen atoms in total. The van der Waals surface area contributed by atoms with Crippen LogP contribution in [0.25, 0.3) is 11.0 Å². The number of nitrogens with one attached hydrogen (secondary N) is 2. The lowest BCUT2D eigenvalue weighted by Gasteiger charge is -2.32. The lowest BCUT2D eigenvalue weighted by Crippen LogP contribution is -2.40. The highest BCUT2D eigenvalue weighted by atomic mass is 16.5. The quantitative estimate of drug-likeness (QED) is 0.759. The van der Waals surface area contributed by atoms with E-state index in [0.717, 1.165) is 0 Å². The van der Waals surface area contributed by atoms with E-state index in [0.29, 0.717) is 29.4 Å². The molecule has 23 heavy (non-hydrogen) atoms. The van der Waals surface area contributed by atoms with E-state index in [9.17, 15) is 9.90 Å². The Balaban J connectivity index is 1.55. The predicted octanol–water partition coefficient (Wildman–Crippen LogP) is 1.86. The van der Waals surface area contributed by atoms with Gasteiger partial charge in [-0.25, -0.2) is 4.79 Å². The van der Waals surface area contributed by atoms with E-state index in [1.807, 2.05) is 12.1 Å². The fraction of sp³-hybridized carbons (Fsp3) is 0.588. The number of rotatable bonds is 6. The average Bonchev–Trinajstić information content (AvgIpc) is 2.94. The van der Waals surface area contributed by atoms with Crippen LogP contribution in [0.1, 0.15) is 32.1 Å². The van der Waals surface area contributed by atoms with Gasteiger partial charge in [-0.1, -0.05) is 25.3 Å². The van der Waals surface area contributed by atoms with E-state index in [-0.39, 0.29) is 12.3 Å². The van der Waals surface area contributed by atoms with Gasteiger partial charge < -0.3 is 24.7 Å². The van der Waals surface area contributed by atoms with E-state index in [2.05, 4.69) is 21.9 Å². The molecule has 3 rings (SSSR count). The first-order valence-corrected chi connectivity index (χ1v) is 8.35. The molecule has 126 valence electrons. The van der Waals surface area contributed by atoms with Gasteiger partial charge in [-0.05, 0) is 32.0 Å². The number of aliphatic hydroxyl groups is 1. The molecule has 0 aliphatic heterocycles. The van der Waals surface area contributed by atoms with Crippen LogP contribution >= 0.6 is 0 Å². The summed E-state index contributed by atoms with van der Waals surface area (Å²) in [6.07, 6.45) is 5.77. The number of aromatic nitrogens is 2. The molecule has 2 aromatic rings. The maximum absolute atomic E-state index is 11.4. The van der Waals surface area contributed by atoms with E-state index in [1.54, 1.807) is 6.07 Å². The zero-order valence-corrected chi connectivity index (χ0v) is 13.5. The molecule has 1 fully saturated rings. The van der Waals surface area contributed by atoms with Gasteiger partial charge in [0.25, 0.3) is 0 Å². The van der Waals surface area contributed by atoms with Gasteiger partial charge in [-0.2, -0.15) is 0 Å². The monoisotopic (exact) mass is 319 g/mol. The minimum atomic E-state index is -0.553. The topological polar surface area (TPSA) is 81.3 Å². The SMILES string of the molecule is CN(CC(O)COc1cccc2[nH]c(=O)[nH]c12)C1CCCCC1. The standard InChI is InChI=1S/C17H25N3O3/c1-20(12-6-3-2-4-7-12)10-13(21)11-23-15-9-5-8-14-16(15)19-17(22)18-14/h5,8-9,12-13,21H,2-4,6-7,10-11H2,1H3,(H2,18,19,22). The highest BCUT2D eigenvalue weighted by Crippen LogP contribution is 2.23. The zero-order chi connectivity index (χ0) is 16.2. The van der Waals surface area contributed by atoms with E-state index >= 15 is 0 Å². The number of aliphatic hydroxyl groups excluding tert-OH is 1.